The molecular weight excluding hydrogens is 238 g/mol. The number of hydrogen-bond donors (Lipinski definition) is 3. The summed E-state index contributed by atoms with van der Waals surface area (Å²) in [6, 6.07) is 0. The van der Waals surface area contributed by atoms with Crippen molar-refractivity contribution in [3.8, 4) is 0 Å². The molecule has 0 spiro atoms. The Morgan fingerprint density at radius 1 is 1.56 bits per heavy atom. The molecule has 0 unspecified atom stereocenters. The van der Waals surface area contributed by atoms with E-state index in [2.05, 4.69) is 15.6 Å². The van der Waals surface area contributed by atoms with E-state index in [-0.39, 0.29) is 5.69 Å². The van der Waals surface area contributed by atoms with Crippen molar-refractivity contribution in [3.63, 3.8) is 0 Å². The first-order valence-corrected chi connectivity index (χ1v) is 5.73. The fourth-order valence-electron chi connectivity index (χ4n) is 1.85. The molecule has 8 nitrogen and oxygen atoms in total. The van der Waals surface area contributed by atoms with Gasteiger partial charge in [0.15, 0.2) is 5.69 Å². The van der Waals surface area contributed by atoms with Crippen LogP contribution in [0.25, 0.3) is 0 Å². The SMILES string of the molecule is NCCn1cc(C(=O)NC2(C(=O)O)CCC2)nn1. The lowest BCUT2D eigenvalue weighted by Gasteiger charge is -2.37. The maximum atomic E-state index is 11.9. The number of nitrogens with zero attached hydrogens (tertiary/aromatic N) is 3. The minimum Gasteiger partial charge on any atom is -0.480 e. The molecule has 1 aliphatic carbocycles. The lowest BCUT2D eigenvalue weighted by molar-refractivity contribution is -0.148. The number of rotatable bonds is 5. The summed E-state index contributed by atoms with van der Waals surface area (Å²) in [7, 11) is 0. The Balaban J connectivity index is 2.04. The number of carboxylic acids is 1. The number of amides is 1. The van der Waals surface area contributed by atoms with Gasteiger partial charge in [-0.25, -0.2) is 4.79 Å². The molecule has 0 aromatic carbocycles. The van der Waals surface area contributed by atoms with Crippen LogP contribution in [0, 0.1) is 0 Å². The molecule has 1 aromatic rings. The summed E-state index contributed by atoms with van der Waals surface area (Å²) in [6.07, 6.45) is 3.15. The van der Waals surface area contributed by atoms with Gasteiger partial charge in [-0.1, -0.05) is 5.21 Å². The number of nitrogens with two attached hydrogens (primary N) is 1. The number of hydrogen-bond acceptors (Lipinski definition) is 5. The number of aromatic nitrogens is 3. The third-order valence-electron chi connectivity index (χ3n) is 3.10. The van der Waals surface area contributed by atoms with Gasteiger partial charge in [-0.15, -0.1) is 5.10 Å². The average Bonchev–Trinajstić information content (AvgIpc) is 2.71. The van der Waals surface area contributed by atoms with Gasteiger partial charge in [-0.2, -0.15) is 0 Å². The highest BCUT2D eigenvalue weighted by Crippen LogP contribution is 2.32. The third kappa shape index (κ3) is 2.19. The molecule has 1 aliphatic rings. The minimum absolute atomic E-state index is 0.107. The van der Waals surface area contributed by atoms with Crippen LogP contribution in [-0.2, 0) is 11.3 Å². The van der Waals surface area contributed by atoms with Crippen LogP contribution in [0.1, 0.15) is 29.8 Å². The van der Waals surface area contributed by atoms with Gasteiger partial charge in [0.05, 0.1) is 12.7 Å². The van der Waals surface area contributed by atoms with Crippen molar-refractivity contribution in [1.29, 1.82) is 0 Å². The molecule has 0 saturated heterocycles. The molecule has 1 amide bonds. The van der Waals surface area contributed by atoms with Crippen molar-refractivity contribution < 1.29 is 14.7 Å². The first-order valence-electron chi connectivity index (χ1n) is 5.73. The van der Waals surface area contributed by atoms with Gasteiger partial charge in [0, 0.05) is 6.54 Å². The molecule has 18 heavy (non-hydrogen) atoms. The first-order chi connectivity index (χ1) is 8.57. The zero-order chi connectivity index (χ0) is 13.2. The third-order valence-corrected chi connectivity index (χ3v) is 3.10. The lowest BCUT2D eigenvalue weighted by atomic mass is 9.76. The van der Waals surface area contributed by atoms with E-state index in [0.29, 0.717) is 25.9 Å². The highest BCUT2D eigenvalue weighted by atomic mass is 16.4. The van der Waals surface area contributed by atoms with E-state index in [9.17, 15) is 9.59 Å². The van der Waals surface area contributed by atoms with Gasteiger partial charge in [-0.3, -0.25) is 9.48 Å². The fraction of sp³-hybridized carbons (Fsp3) is 0.600. The molecule has 0 atom stereocenters. The summed E-state index contributed by atoms with van der Waals surface area (Å²) in [5, 5.41) is 19.0. The van der Waals surface area contributed by atoms with Crippen LogP contribution in [0.5, 0.6) is 0 Å². The van der Waals surface area contributed by atoms with E-state index in [1.54, 1.807) is 0 Å². The fourth-order valence-corrected chi connectivity index (χ4v) is 1.85. The van der Waals surface area contributed by atoms with Crippen molar-refractivity contribution in [3.05, 3.63) is 11.9 Å². The molecule has 8 heteroatoms. The van der Waals surface area contributed by atoms with Crippen LogP contribution in [0.2, 0.25) is 0 Å². The van der Waals surface area contributed by atoms with Crippen LogP contribution < -0.4 is 11.1 Å². The Labute approximate surface area is 103 Å². The summed E-state index contributed by atoms with van der Waals surface area (Å²) in [5.74, 6) is -1.52. The minimum atomic E-state index is -1.13. The largest absolute Gasteiger partial charge is 0.480 e. The second-order valence-electron chi connectivity index (χ2n) is 4.35. The van der Waals surface area contributed by atoms with E-state index in [1.165, 1.54) is 10.9 Å². The summed E-state index contributed by atoms with van der Waals surface area (Å²) < 4.78 is 1.45. The second-order valence-corrected chi connectivity index (χ2v) is 4.35. The van der Waals surface area contributed by atoms with E-state index in [4.69, 9.17) is 10.8 Å². The standard InChI is InChI=1S/C10H15N5O3/c11-4-5-15-6-7(13-14-15)8(16)12-10(9(17)18)2-1-3-10/h6H,1-5,11H2,(H,12,16)(H,17,18). The van der Waals surface area contributed by atoms with Gasteiger partial charge in [0.25, 0.3) is 5.91 Å². The summed E-state index contributed by atoms with van der Waals surface area (Å²) >= 11 is 0. The zero-order valence-corrected chi connectivity index (χ0v) is 9.80. The van der Waals surface area contributed by atoms with Crippen LogP contribution in [0.4, 0.5) is 0 Å². The Kier molecular flexibility index (Phi) is 3.28. The quantitative estimate of drug-likeness (QED) is 0.616. The van der Waals surface area contributed by atoms with Crippen LogP contribution in [0.3, 0.4) is 0 Å². The average molecular weight is 253 g/mol. The molecule has 1 heterocycles. The first kappa shape index (κ1) is 12.5. The van der Waals surface area contributed by atoms with E-state index in [1.807, 2.05) is 0 Å². The van der Waals surface area contributed by atoms with Crippen molar-refractivity contribution in [2.45, 2.75) is 31.3 Å². The molecule has 4 N–H and O–H groups in total. The maximum Gasteiger partial charge on any atom is 0.329 e. The molecule has 0 aliphatic heterocycles. The van der Waals surface area contributed by atoms with Crippen molar-refractivity contribution in [2.75, 3.05) is 6.54 Å². The predicted molar refractivity (Wildman–Crippen MR) is 60.8 cm³/mol. The van der Waals surface area contributed by atoms with Gasteiger partial charge in [0.1, 0.15) is 5.54 Å². The predicted octanol–water partition coefficient (Wildman–Crippen LogP) is -1.03. The normalized spacial score (nSPS) is 16.9. The molecule has 0 radical (unpaired) electrons. The monoisotopic (exact) mass is 253 g/mol. The van der Waals surface area contributed by atoms with Crippen LogP contribution in [0.15, 0.2) is 6.20 Å². The lowest BCUT2D eigenvalue weighted by Crippen LogP contribution is -2.59. The number of carbonyl (C=O) groups is 2. The second kappa shape index (κ2) is 4.73. The maximum absolute atomic E-state index is 11.9. The number of aliphatic carboxylic acids is 1. The number of nitrogens with one attached hydrogen (secondary N) is 1. The van der Waals surface area contributed by atoms with E-state index in [0.717, 1.165) is 6.42 Å². The Hall–Kier alpha value is -1.96. The van der Waals surface area contributed by atoms with E-state index < -0.39 is 17.4 Å². The van der Waals surface area contributed by atoms with Crippen molar-refractivity contribution >= 4 is 11.9 Å². The zero-order valence-electron chi connectivity index (χ0n) is 9.80. The van der Waals surface area contributed by atoms with Gasteiger partial charge >= 0.3 is 5.97 Å². The Morgan fingerprint density at radius 3 is 2.78 bits per heavy atom. The summed E-state index contributed by atoms with van der Waals surface area (Å²) in [5.41, 5.74) is 4.33. The van der Waals surface area contributed by atoms with E-state index >= 15 is 0 Å². The molecule has 1 fully saturated rings. The smallest absolute Gasteiger partial charge is 0.329 e. The topological polar surface area (TPSA) is 123 Å². The summed E-state index contributed by atoms with van der Waals surface area (Å²) in [6.45, 7) is 0.855. The van der Waals surface area contributed by atoms with Crippen LogP contribution in [-0.4, -0.2) is 44.1 Å². The van der Waals surface area contributed by atoms with Crippen molar-refractivity contribution in [2.24, 2.45) is 5.73 Å². The number of carboxylic acid groups (broad SMARTS) is 1. The molecule has 1 saturated carbocycles. The highest BCUT2D eigenvalue weighted by Gasteiger charge is 2.46. The molecule has 2 rings (SSSR count). The molecular formula is C10H15N5O3. The van der Waals surface area contributed by atoms with Crippen LogP contribution >= 0.6 is 0 Å². The number of carbonyl (C=O) groups excluding carboxylic acids is 1. The van der Waals surface area contributed by atoms with Gasteiger partial charge in [0.2, 0.25) is 0 Å². The van der Waals surface area contributed by atoms with Crippen molar-refractivity contribution in [1.82, 2.24) is 20.3 Å². The molecule has 0 bridgehead atoms. The molecule has 98 valence electrons. The Bertz CT molecular complexity index is 466. The van der Waals surface area contributed by atoms with Gasteiger partial charge in [-0.05, 0) is 19.3 Å². The Morgan fingerprint density at radius 2 is 2.28 bits per heavy atom. The molecule has 1 aromatic heterocycles. The summed E-state index contributed by atoms with van der Waals surface area (Å²) in [4.78, 5) is 23.0. The highest BCUT2D eigenvalue weighted by molar-refractivity contribution is 5.96. The van der Waals surface area contributed by atoms with Gasteiger partial charge < -0.3 is 16.2 Å².